The largest absolute Gasteiger partial charge is 0.192 e. The summed E-state index contributed by atoms with van der Waals surface area (Å²) in [6.07, 6.45) is 3.36. The maximum atomic E-state index is 9.07. The molecule has 3 nitrogen and oxygen atoms in total. The van der Waals surface area contributed by atoms with Crippen LogP contribution in [0.15, 0.2) is 30.9 Å². The minimum atomic E-state index is 0.307. The van der Waals surface area contributed by atoms with Crippen LogP contribution < -0.4 is 0 Å². The molecule has 1 rings (SSSR count). The second-order valence-corrected chi connectivity index (χ2v) is 3.23. The Balaban J connectivity index is 3.72. The molecule has 0 unspecified atom stereocenters. The van der Waals surface area contributed by atoms with Crippen LogP contribution in [0.1, 0.15) is 29.2 Å². The van der Waals surface area contributed by atoms with Crippen molar-refractivity contribution >= 4 is 5.57 Å². The summed E-state index contributed by atoms with van der Waals surface area (Å²) in [5.41, 5.74) is 2.18. The fourth-order valence-corrected chi connectivity index (χ4v) is 1.56. The van der Waals surface area contributed by atoms with Crippen LogP contribution in [0.5, 0.6) is 0 Å². The second-order valence-electron chi connectivity index (χ2n) is 3.23. The van der Waals surface area contributed by atoms with Gasteiger partial charge in [0.25, 0.3) is 0 Å². The molecule has 0 atom stereocenters. The number of hydrogen-bond donors (Lipinski definition) is 0. The Kier molecular flexibility index (Phi) is 3.82. The molecule has 0 N–H and O–H groups in total. The number of benzene rings is 1. The van der Waals surface area contributed by atoms with Crippen LogP contribution in [0, 0.1) is 34.0 Å². The third kappa shape index (κ3) is 2.23. The first-order valence-corrected chi connectivity index (χ1v) is 4.89. The molecule has 0 aliphatic carbocycles. The molecule has 0 spiro atoms. The van der Waals surface area contributed by atoms with Gasteiger partial charge in [0, 0.05) is 5.56 Å². The third-order valence-corrected chi connectivity index (χ3v) is 2.33. The van der Waals surface area contributed by atoms with E-state index in [4.69, 9.17) is 15.8 Å². The lowest BCUT2D eigenvalue weighted by Crippen LogP contribution is -1.95. The van der Waals surface area contributed by atoms with Gasteiger partial charge in [-0.05, 0) is 24.6 Å². The first kappa shape index (κ1) is 12.2. The van der Waals surface area contributed by atoms with Gasteiger partial charge in [0.1, 0.15) is 0 Å². The first-order chi connectivity index (χ1) is 8.21. The van der Waals surface area contributed by atoms with E-state index in [1.807, 2.05) is 18.2 Å². The van der Waals surface area contributed by atoms with Gasteiger partial charge in [0.15, 0.2) is 0 Å². The van der Waals surface area contributed by atoms with E-state index >= 15 is 0 Å². The van der Waals surface area contributed by atoms with Crippen LogP contribution in [0.2, 0.25) is 0 Å². The highest BCUT2D eigenvalue weighted by molar-refractivity contribution is 5.81. The average Bonchev–Trinajstić information content (AvgIpc) is 2.39. The molecule has 0 aliphatic heterocycles. The van der Waals surface area contributed by atoms with Crippen molar-refractivity contribution in [2.75, 3.05) is 0 Å². The predicted octanol–water partition coefficient (Wildman–Crippen LogP) is 2.89. The van der Waals surface area contributed by atoms with Crippen molar-refractivity contribution in [1.29, 1.82) is 15.8 Å². The molecule has 0 aromatic heterocycles. The van der Waals surface area contributed by atoms with Crippen molar-refractivity contribution in [3.8, 4) is 18.2 Å². The lowest BCUT2D eigenvalue weighted by atomic mass is 9.93. The van der Waals surface area contributed by atoms with Gasteiger partial charge in [-0.15, -0.1) is 0 Å². The molecule has 0 fully saturated rings. The molecule has 0 radical (unpaired) electrons. The monoisotopic (exact) mass is 219 g/mol. The van der Waals surface area contributed by atoms with E-state index < -0.39 is 0 Å². The molecule has 0 bridgehead atoms. The topological polar surface area (TPSA) is 71.4 Å². The van der Waals surface area contributed by atoms with Crippen LogP contribution in [-0.4, -0.2) is 0 Å². The second kappa shape index (κ2) is 5.31. The highest BCUT2D eigenvalue weighted by Crippen LogP contribution is 2.25. The standard InChI is InChI=1S/C14H9N3/c1-3-11(4-2)14-12(8-16)5-10(7-15)6-13(14)9-17/h3-6H,1H2,2H3/b11-4+. The van der Waals surface area contributed by atoms with Crippen LogP contribution in [-0.2, 0) is 0 Å². The lowest BCUT2D eigenvalue weighted by molar-refractivity contribution is 1.39. The third-order valence-electron chi connectivity index (χ3n) is 2.33. The maximum Gasteiger partial charge on any atom is 0.0999 e. The summed E-state index contributed by atoms with van der Waals surface area (Å²) < 4.78 is 0. The van der Waals surface area contributed by atoms with Gasteiger partial charge in [0.05, 0.1) is 34.9 Å². The number of allylic oxidation sites excluding steroid dienone is 3. The van der Waals surface area contributed by atoms with Crippen molar-refractivity contribution in [2.24, 2.45) is 0 Å². The minimum absolute atomic E-state index is 0.307. The number of rotatable bonds is 2. The Hall–Kier alpha value is -2.83. The van der Waals surface area contributed by atoms with E-state index in [-0.39, 0.29) is 0 Å². The molecule has 80 valence electrons. The summed E-state index contributed by atoms with van der Waals surface area (Å²) in [5.74, 6) is 0. The summed E-state index contributed by atoms with van der Waals surface area (Å²) in [6.45, 7) is 5.45. The van der Waals surface area contributed by atoms with Crippen molar-refractivity contribution in [2.45, 2.75) is 6.92 Å². The zero-order valence-electron chi connectivity index (χ0n) is 9.36. The summed E-state index contributed by atoms with van der Waals surface area (Å²) in [5, 5.41) is 27.0. The van der Waals surface area contributed by atoms with Crippen molar-refractivity contribution in [3.63, 3.8) is 0 Å². The van der Waals surface area contributed by atoms with Crippen LogP contribution >= 0.6 is 0 Å². The highest BCUT2D eigenvalue weighted by atomic mass is 14.3. The summed E-state index contributed by atoms with van der Waals surface area (Å²) >= 11 is 0. The molecule has 17 heavy (non-hydrogen) atoms. The molecule has 0 aliphatic rings. The van der Waals surface area contributed by atoms with E-state index in [0.29, 0.717) is 27.8 Å². The van der Waals surface area contributed by atoms with Crippen molar-refractivity contribution < 1.29 is 0 Å². The number of nitriles is 3. The Morgan fingerprint density at radius 1 is 1.12 bits per heavy atom. The highest BCUT2D eigenvalue weighted by Gasteiger charge is 2.12. The average molecular weight is 219 g/mol. The molecule has 3 heteroatoms. The van der Waals surface area contributed by atoms with Crippen LogP contribution in [0.4, 0.5) is 0 Å². The van der Waals surface area contributed by atoms with Gasteiger partial charge in [-0.3, -0.25) is 0 Å². The smallest absolute Gasteiger partial charge is 0.0999 e. The molecule has 1 aromatic rings. The van der Waals surface area contributed by atoms with E-state index in [9.17, 15) is 0 Å². The normalized spacial score (nSPS) is 9.88. The molecular formula is C14H9N3. The van der Waals surface area contributed by atoms with E-state index in [1.54, 1.807) is 19.1 Å². The van der Waals surface area contributed by atoms with Crippen LogP contribution in [0.25, 0.3) is 5.57 Å². The van der Waals surface area contributed by atoms with Crippen molar-refractivity contribution in [3.05, 3.63) is 53.1 Å². The van der Waals surface area contributed by atoms with Gasteiger partial charge in [-0.1, -0.05) is 18.7 Å². The predicted molar refractivity (Wildman–Crippen MR) is 64.4 cm³/mol. The fourth-order valence-electron chi connectivity index (χ4n) is 1.56. The molecule has 0 heterocycles. The van der Waals surface area contributed by atoms with Crippen molar-refractivity contribution in [1.82, 2.24) is 0 Å². The molecule has 0 amide bonds. The van der Waals surface area contributed by atoms with Gasteiger partial charge in [-0.25, -0.2) is 0 Å². The zero-order chi connectivity index (χ0) is 12.8. The minimum Gasteiger partial charge on any atom is -0.192 e. The Bertz CT molecular complexity index is 581. The summed E-state index contributed by atoms with van der Waals surface area (Å²) in [7, 11) is 0. The zero-order valence-corrected chi connectivity index (χ0v) is 9.36. The van der Waals surface area contributed by atoms with Gasteiger partial charge < -0.3 is 0 Å². The van der Waals surface area contributed by atoms with E-state index in [1.165, 1.54) is 12.1 Å². The van der Waals surface area contributed by atoms with Crippen LogP contribution in [0.3, 0.4) is 0 Å². The Labute approximate surface area is 100 Å². The van der Waals surface area contributed by atoms with E-state index in [0.717, 1.165) is 0 Å². The Morgan fingerprint density at radius 3 is 1.94 bits per heavy atom. The summed E-state index contributed by atoms with van der Waals surface area (Å²) in [4.78, 5) is 0. The Morgan fingerprint density at radius 2 is 1.65 bits per heavy atom. The SMILES string of the molecule is C=C/C(=C\C)c1c(C#N)cc(C#N)cc1C#N. The lowest BCUT2D eigenvalue weighted by Gasteiger charge is -2.07. The summed E-state index contributed by atoms with van der Waals surface area (Å²) in [6, 6.07) is 8.89. The molecular weight excluding hydrogens is 210 g/mol. The van der Waals surface area contributed by atoms with Gasteiger partial charge in [0.2, 0.25) is 0 Å². The maximum absolute atomic E-state index is 9.07. The molecule has 0 saturated carbocycles. The van der Waals surface area contributed by atoms with Gasteiger partial charge in [-0.2, -0.15) is 15.8 Å². The number of nitrogens with zero attached hydrogens (tertiary/aromatic N) is 3. The number of hydrogen-bond acceptors (Lipinski definition) is 3. The van der Waals surface area contributed by atoms with Gasteiger partial charge >= 0.3 is 0 Å². The molecule has 0 saturated heterocycles. The quantitative estimate of drug-likeness (QED) is 0.718. The fraction of sp³-hybridized carbons (Fsp3) is 0.0714. The van der Waals surface area contributed by atoms with E-state index in [2.05, 4.69) is 6.58 Å². The molecule has 1 aromatic carbocycles. The first-order valence-electron chi connectivity index (χ1n) is 4.89.